The molecule has 1 unspecified atom stereocenters. The summed E-state index contributed by atoms with van der Waals surface area (Å²) in [6.07, 6.45) is 1.18. The molecule has 20 heavy (non-hydrogen) atoms. The first-order valence-corrected chi connectivity index (χ1v) is 7.93. The second-order valence-corrected chi connectivity index (χ2v) is 6.47. The molecule has 1 atom stereocenters. The van der Waals surface area contributed by atoms with Gasteiger partial charge in [0.1, 0.15) is 0 Å². The molecule has 0 radical (unpaired) electrons. The fourth-order valence-corrected chi connectivity index (χ4v) is 2.60. The van der Waals surface area contributed by atoms with Crippen molar-refractivity contribution in [2.75, 3.05) is 26.7 Å². The molecular formula is C18H32N2. The molecule has 1 aromatic rings. The van der Waals surface area contributed by atoms with Crippen molar-refractivity contribution in [2.24, 2.45) is 5.92 Å². The minimum atomic E-state index is 0.429. The molecule has 0 saturated carbocycles. The van der Waals surface area contributed by atoms with Crippen LogP contribution in [-0.2, 0) is 0 Å². The molecule has 0 spiro atoms. The molecule has 114 valence electrons. The zero-order valence-electron chi connectivity index (χ0n) is 14.2. The minimum absolute atomic E-state index is 0.429. The second kappa shape index (κ2) is 8.43. The number of aryl methyl sites for hydroxylation is 2. The molecule has 1 N–H and O–H groups in total. The number of rotatable bonds is 8. The van der Waals surface area contributed by atoms with E-state index in [1.54, 1.807) is 0 Å². The van der Waals surface area contributed by atoms with Crippen molar-refractivity contribution in [1.82, 2.24) is 10.2 Å². The quantitative estimate of drug-likeness (QED) is 0.774. The number of likely N-dealkylation sites (N-methyl/N-ethyl adjacent to an activating group) is 1. The standard InChI is InChI=1S/C18H32N2/c1-7-10-19-18(13-20(6)12-14(2)3)17-9-8-15(4)16(5)11-17/h8-9,11,14,18-19H,7,10,12-13H2,1-6H3. The summed E-state index contributed by atoms with van der Waals surface area (Å²) >= 11 is 0. The normalized spacial score (nSPS) is 13.2. The van der Waals surface area contributed by atoms with E-state index in [1.807, 2.05) is 0 Å². The van der Waals surface area contributed by atoms with Crippen LogP contribution in [-0.4, -0.2) is 31.6 Å². The highest BCUT2D eigenvalue weighted by Gasteiger charge is 2.14. The molecule has 0 saturated heterocycles. The Hall–Kier alpha value is -0.860. The summed E-state index contributed by atoms with van der Waals surface area (Å²) in [4.78, 5) is 2.44. The first-order valence-electron chi connectivity index (χ1n) is 7.93. The van der Waals surface area contributed by atoms with Crippen LogP contribution in [0.2, 0.25) is 0 Å². The molecule has 0 heterocycles. The van der Waals surface area contributed by atoms with Crippen LogP contribution in [0.4, 0.5) is 0 Å². The van der Waals surface area contributed by atoms with Crippen molar-refractivity contribution in [3.63, 3.8) is 0 Å². The van der Waals surface area contributed by atoms with Crippen LogP contribution in [0, 0.1) is 19.8 Å². The fraction of sp³-hybridized carbons (Fsp3) is 0.667. The van der Waals surface area contributed by atoms with Crippen molar-refractivity contribution in [3.05, 3.63) is 34.9 Å². The Labute approximate surface area is 125 Å². The Morgan fingerprint density at radius 2 is 1.80 bits per heavy atom. The summed E-state index contributed by atoms with van der Waals surface area (Å²) < 4.78 is 0. The van der Waals surface area contributed by atoms with E-state index in [1.165, 1.54) is 23.1 Å². The summed E-state index contributed by atoms with van der Waals surface area (Å²) in [5, 5.41) is 3.69. The van der Waals surface area contributed by atoms with E-state index in [-0.39, 0.29) is 0 Å². The monoisotopic (exact) mass is 276 g/mol. The smallest absolute Gasteiger partial charge is 0.0449 e. The Morgan fingerprint density at radius 1 is 1.10 bits per heavy atom. The lowest BCUT2D eigenvalue weighted by molar-refractivity contribution is 0.262. The number of hydrogen-bond acceptors (Lipinski definition) is 2. The molecule has 1 rings (SSSR count). The van der Waals surface area contributed by atoms with Gasteiger partial charge in [-0.3, -0.25) is 0 Å². The van der Waals surface area contributed by atoms with Crippen LogP contribution in [0.5, 0.6) is 0 Å². The van der Waals surface area contributed by atoms with Gasteiger partial charge in [-0.2, -0.15) is 0 Å². The molecular weight excluding hydrogens is 244 g/mol. The van der Waals surface area contributed by atoms with Crippen LogP contribution in [0.3, 0.4) is 0 Å². The van der Waals surface area contributed by atoms with Gasteiger partial charge < -0.3 is 10.2 Å². The first kappa shape index (κ1) is 17.2. The molecule has 0 fully saturated rings. The second-order valence-electron chi connectivity index (χ2n) is 6.47. The van der Waals surface area contributed by atoms with E-state index < -0.39 is 0 Å². The highest BCUT2D eigenvalue weighted by Crippen LogP contribution is 2.18. The van der Waals surface area contributed by atoms with Crippen LogP contribution in [0.25, 0.3) is 0 Å². The summed E-state index contributed by atoms with van der Waals surface area (Å²) in [5.74, 6) is 0.714. The third-order valence-corrected chi connectivity index (χ3v) is 3.75. The van der Waals surface area contributed by atoms with Gasteiger partial charge in [0, 0.05) is 19.1 Å². The largest absolute Gasteiger partial charge is 0.309 e. The predicted octanol–water partition coefficient (Wildman–Crippen LogP) is 3.93. The topological polar surface area (TPSA) is 15.3 Å². The summed E-state index contributed by atoms with van der Waals surface area (Å²) in [7, 11) is 2.22. The highest BCUT2D eigenvalue weighted by molar-refractivity contribution is 5.31. The average molecular weight is 276 g/mol. The lowest BCUT2D eigenvalue weighted by atomic mass is 10.0. The SMILES string of the molecule is CCCNC(CN(C)CC(C)C)c1ccc(C)c(C)c1. The van der Waals surface area contributed by atoms with E-state index in [0.29, 0.717) is 12.0 Å². The first-order chi connectivity index (χ1) is 9.43. The maximum absolute atomic E-state index is 3.69. The van der Waals surface area contributed by atoms with E-state index in [0.717, 1.165) is 19.6 Å². The molecule has 2 nitrogen and oxygen atoms in total. The number of nitrogens with zero attached hydrogens (tertiary/aromatic N) is 1. The third-order valence-electron chi connectivity index (χ3n) is 3.75. The zero-order valence-corrected chi connectivity index (χ0v) is 14.2. The maximum Gasteiger partial charge on any atom is 0.0449 e. The lowest BCUT2D eigenvalue weighted by Gasteiger charge is -2.27. The highest BCUT2D eigenvalue weighted by atomic mass is 15.1. The third kappa shape index (κ3) is 5.64. The Bertz CT molecular complexity index is 398. The van der Waals surface area contributed by atoms with E-state index in [4.69, 9.17) is 0 Å². The Morgan fingerprint density at radius 3 is 2.35 bits per heavy atom. The van der Waals surface area contributed by atoms with Crippen LogP contribution in [0.15, 0.2) is 18.2 Å². The number of hydrogen-bond donors (Lipinski definition) is 1. The van der Waals surface area contributed by atoms with E-state index in [9.17, 15) is 0 Å². The average Bonchev–Trinajstić information content (AvgIpc) is 2.37. The maximum atomic E-state index is 3.69. The molecule has 0 aliphatic heterocycles. The molecule has 2 heteroatoms. The van der Waals surface area contributed by atoms with Crippen LogP contribution in [0.1, 0.15) is 49.9 Å². The van der Waals surface area contributed by atoms with Crippen molar-refractivity contribution >= 4 is 0 Å². The van der Waals surface area contributed by atoms with Gasteiger partial charge in [-0.1, -0.05) is 39.0 Å². The molecule has 0 bridgehead atoms. The van der Waals surface area contributed by atoms with Crippen LogP contribution < -0.4 is 5.32 Å². The molecule has 0 aliphatic rings. The fourth-order valence-electron chi connectivity index (χ4n) is 2.60. The predicted molar refractivity (Wildman–Crippen MR) is 89.3 cm³/mol. The van der Waals surface area contributed by atoms with E-state index in [2.05, 4.69) is 70.1 Å². The summed E-state index contributed by atoms with van der Waals surface area (Å²) in [6, 6.07) is 7.29. The zero-order chi connectivity index (χ0) is 15.1. The Kier molecular flexibility index (Phi) is 7.25. The molecule has 0 amide bonds. The van der Waals surface area contributed by atoms with Gasteiger partial charge in [-0.15, -0.1) is 0 Å². The van der Waals surface area contributed by atoms with Crippen LogP contribution >= 0.6 is 0 Å². The number of benzene rings is 1. The summed E-state index contributed by atoms with van der Waals surface area (Å²) in [5.41, 5.74) is 4.17. The van der Waals surface area contributed by atoms with Crippen molar-refractivity contribution in [3.8, 4) is 0 Å². The van der Waals surface area contributed by atoms with Gasteiger partial charge in [-0.25, -0.2) is 0 Å². The van der Waals surface area contributed by atoms with Gasteiger partial charge in [0.25, 0.3) is 0 Å². The van der Waals surface area contributed by atoms with Crippen molar-refractivity contribution < 1.29 is 0 Å². The summed E-state index contributed by atoms with van der Waals surface area (Å²) in [6.45, 7) is 14.5. The minimum Gasteiger partial charge on any atom is -0.309 e. The van der Waals surface area contributed by atoms with Gasteiger partial charge in [0.15, 0.2) is 0 Å². The van der Waals surface area contributed by atoms with Gasteiger partial charge in [-0.05, 0) is 56.5 Å². The van der Waals surface area contributed by atoms with Crippen molar-refractivity contribution in [2.45, 2.75) is 47.1 Å². The molecule has 0 aliphatic carbocycles. The van der Waals surface area contributed by atoms with Gasteiger partial charge >= 0.3 is 0 Å². The molecule has 0 aromatic heterocycles. The number of nitrogens with one attached hydrogen (secondary N) is 1. The van der Waals surface area contributed by atoms with Crippen molar-refractivity contribution in [1.29, 1.82) is 0 Å². The molecule has 1 aromatic carbocycles. The van der Waals surface area contributed by atoms with Gasteiger partial charge in [0.2, 0.25) is 0 Å². The lowest BCUT2D eigenvalue weighted by Crippen LogP contribution is -2.35. The van der Waals surface area contributed by atoms with E-state index >= 15 is 0 Å². The van der Waals surface area contributed by atoms with Gasteiger partial charge in [0.05, 0.1) is 0 Å². The Balaban J connectivity index is 2.79.